The molecular formula is C15H26N2O4. The standard InChI is InChI=1S/C15H26N2O4/c1-15(8-5-9-21-10-15)17-14(20)16-12(13(18)19)11-6-3-2-4-7-11/h11-12H,2-10H2,1H3,(H,18,19)(H2,16,17,20). The molecule has 0 aromatic carbocycles. The summed E-state index contributed by atoms with van der Waals surface area (Å²) in [6.45, 7) is 3.13. The van der Waals surface area contributed by atoms with Crippen molar-refractivity contribution >= 4 is 12.0 Å². The number of nitrogens with one attached hydrogen (secondary N) is 2. The minimum Gasteiger partial charge on any atom is -0.480 e. The van der Waals surface area contributed by atoms with Crippen LogP contribution in [0.2, 0.25) is 0 Å². The SMILES string of the molecule is CC1(NC(=O)NC(C(=O)O)C2CCCCC2)CCCOC1. The molecule has 0 aromatic heterocycles. The van der Waals surface area contributed by atoms with Gasteiger partial charge in [0, 0.05) is 6.61 Å². The van der Waals surface area contributed by atoms with Crippen molar-refractivity contribution in [3.05, 3.63) is 0 Å². The maximum absolute atomic E-state index is 12.1. The lowest BCUT2D eigenvalue weighted by molar-refractivity contribution is -0.141. The molecule has 1 heterocycles. The molecule has 0 aromatic rings. The van der Waals surface area contributed by atoms with E-state index in [4.69, 9.17) is 4.74 Å². The van der Waals surface area contributed by atoms with E-state index in [2.05, 4.69) is 10.6 Å². The Labute approximate surface area is 125 Å². The monoisotopic (exact) mass is 298 g/mol. The fraction of sp³-hybridized carbons (Fsp3) is 0.867. The Morgan fingerprint density at radius 1 is 1.24 bits per heavy atom. The van der Waals surface area contributed by atoms with Gasteiger partial charge in [-0.1, -0.05) is 19.3 Å². The molecule has 1 saturated heterocycles. The summed E-state index contributed by atoms with van der Waals surface area (Å²) in [4.78, 5) is 23.6. The van der Waals surface area contributed by atoms with E-state index in [0.717, 1.165) is 51.6 Å². The Morgan fingerprint density at radius 2 is 1.95 bits per heavy atom. The van der Waals surface area contributed by atoms with Crippen LogP contribution < -0.4 is 10.6 Å². The van der Waals surface area contributed by atoms with Crippen molar-refractivity contribution in [1.29, 1.82) is 0 Å². The average Bonchev–Trinajstić information content (AvgIpc) is 2.45. The van der Waals surface area contributed by atoms with Crippen LogP contribution in [0.5, 0.6) is 0 Å². The van der Waals surface area contributed by atoms with Crippen LogP contribution in [0.1, 0.15) is 51.9 Å². The number of carbonyl (C=O) groups excluding carboxylic acids is 1. The van der Waals surface area contributed by atoms with Crippen LogP contribution in [0.4, 0.5) is 4.79 Å². The molecule has 2 amide bonds. The van der Waals surface area contributed by atoms with Crippen LogP contribution in [-0.2, 0) is 9.53 Å². The van der Waals surface area contributed by atoms with E-state index >= 15 is 0 Å². The van der Waals surface area contributed by atoms with E-state index in [0.29, 0.717) is 6.61 Å². The Morgan fingerprint density at radius 3 is 2.52 bits per heavy atom. The first-order valence-electron chi connectivity index (χ1n) is 7.89. The molecule has 1 aliphatic carbocycles. The van der Waals surface area contributed by atoms with E-state index in [1.807, 2.05) is 6.92 Å². The Bertz CT molecular complexity index is 374. The van der Waals surface area contributed by atoms with E-state index in [-0.39, 0.29) is 5.92 Å². The molecule has 3 N–H and O–H groups in total. The van der Waals surface area contributed by atoms with Crippen molar-refractivity contribution in [3.63, 3.8) is 0 Å². The summed E-state index contributed by atoms with van der Waals surface area (Å²) < 4.78 is 5.40. The minimum absolute atomic E-state index is 0.0393. The van der Waals surface area contributed by atoms with Gasteiger partial charge >= 0.3 is 12.0 Å². The van der Waals surface area contributed by atoms with Gasteiger partial charge in [0.1, 0.15) is 6.04 Å². The van der Waals surface area contributed by atoms with Gasteiger partial charge in [0.25, 0.3) is 0 Å². The Hall–Kier alpha value is -1.30. The molecular weight excluding hydrogens is 272 g/mol. The lowest BCUT2D eigenvalue weighted by Crippen LogP contribution is -2.58. The second-order valence-electron chi connectivity index (χ2n) is 6.53. The third kappa shape index (κ3) is 4.59. The van der Waals surface area contributed by atoms with Crippen molar-refractivity contribution in [2.24, 2.45) is 5.92 Å². The molecule has 1 aliphatic heterocycles. The summed E-state index contributed by atoms with van der Waals surface area (Å²) in [5.74, 6) is -0.903. The molecule has 0 radical (unpaired) electrons. The number of amides is 2. The van der Waals surface area contributed by atoms with E-state index in [1.165, 1.54) is 0 Å². The van der Waals surface area contributed by atoms with Crippen molar-refractivity contribution in [2.45, 2.75) is 63.5 Å². The summed E-state index contributed by atoms with van der Waals surface area (Å²) in [6.07, 6.45) is 6.75. The van der Waals surface area contributed by atoms with Crippen molar-refractivity contribution < 1.29 is 19.4 Å². The number of aliphatic carboxylic acids is 1. The van der Waals surface area contributed by atoms with Gasteiger partial charge in [0.05, 0.1) is 12.1 Å². The predicted molar refractivity (Wildman–Crippen MR) is 78.1 cm³/mol. The van der Waals surface area contributed by atoms with E-state index in [1.54, 1.807) is 0 Å². The molecule has 21 heavy (non-hydrogen) atoms. The fourth-order valence-corrected chi connectivity index (χ4v) is 3.33. The smallest absolute Gasteiger partial charge is 0.326 e. The summed E-state index contributed by atoms with van der Waals surface area (Å²) in [6, 6.07) is -1.20. The third-order valence-corrected chi connectivity index (χ3v) is 4.53. The summed E-state index contributed by atoms with van der Waals surface area (Å²) >= 11 is 0. The quantitative estimate of drug-likeness (QED) is 0.739. The molecule has 0 spiro atoms. The first kappa shape index (κ1) is 16.1. The van der Waals surface area contributed by atoms with Gasteiger partial charge in [-0.25, -0.2) is 9.59 Å². The van der Waals surface area contributed by atoms with Crippen molar-refractivity contribution in [2.75, 3.05) is 13.2 Å². The highest BCUT2D eigenvalue weighted by Crippen LogP contribution is 2.26. The lowest BCUT2D eigenvalue weighted by atomic mass is 9.84. The molecule has 2 unspecified atom stereocenters. The summed E-state index contributed by atoms with van der Waals surface area (Å²) in [5.41, 5.74) is -0.405. The van der Waals surface area contributed by atoms with Crippen LogP contribution in [-0.4, -0.2) is 41.9 Å². The van der Waals surface area contributed by atoms with Gasteiger partial charge in [-0.15, -0.1) is 0 Å². The van der Waals surface area contributed by atoms with Gasteiger partial charge in [-0.3, -0.25) is 0 Å². The highest BCUT2D eigenvalue weighted by atomic mass is 16.5. The topological polar surface area (TPSA) is 87.7 Å². The number of carboxylic acid groups (broad SMARTS) is 1. The second-order valence-corrected chi connectivity index (χ2v) is 6.53. The molecule has 1 saturated carbocycles. The Kier molecular flexibility index (Phi) is 5.45. The minimum atomic E-state index is -0.943. The third-order valence-electron chi connectivity index (χ3n) is 4.53. The lowest BCUT2D eigenvalue weighted by Gasteiger charge is -2.35. The molecule has 6 heteroatoms. The number of hydrogen-bond acceptors (Lipinski definition) is 3. The second kappa shape index (κ2) is 7.11. The van der Waals surface area contributed by atoms with E-state index in [9.17, 15) is 14.7 Å². The zero-order chi connectivity index (χ0) is 15.3. The van der Waals surface area contributed by atoms with Crippen molar-refractivity contribution in [1.82, 2.24) is 10.6 Å². The number of rotatable bonds is 4. The highest BCUT2D eigenvalue weighted by Gasteiger charge is 2.34. The largest absolute Gasteiger partial charge is 0.480 e. The molecule has 0 bridgehead atoms. The predicted octanol–water partition coefficient (Wildman–Crippen LogP) is 1.89. The van der Waals surface area contributed by atoms with Gasteiger partial charge < -0.3 is 20.5 Å². The van der Waals surface area contributed by atoms with E-state index < -0.39 is 23.6 Å². The number of ether oxygens (including phenoxy) is 1. The molecule has 120 valence electrons. The normalized spacial score (nSPS) is 28.6. The van der Waals surface area contributed by atoms with Gasteiger partial charge in [0.2, 0.25) is 0 Å². The highest BCUT2D eigenvalue weighted by molar-refractivity contribution is 5.83. The first-order chi connectivity index (χ1) is 10.0. The molecule has 2 aliphatic rings. The molecule has 6 nitrogen and oxygen atoms in total. The maximum atomic E-state index is 12.1. The number of hydrogen-bond donors (Lipinski definition) is 3. The van der Waals surface area contributed by atoms with Crippen LogP contribution >= 0.6 is 0 Å². The molecule has 2 rings (SSSR count). The maximum Gasteiger partial charge on any atom is 0.326 e. The fourth-order valence-electron chi connectivity index (χ4n) is 3.33. The average molecular weight is 298 g/mol. The Balaban J connectivity index is 1.90. The summed E-state index contributed by atoms with van der Waals surface area (Å²) in [7, 11) is 0. The number of urea groups is 1. The zero-order valence-electron chi connectivity index (χ0n) is 12.7. The van der Waals surface area contributed by atoms with Crippen LogP contribution in [0.3, 0.4) is 0 Å². The van der Waals surface area contributed by atoms with Crippen LogP contribution in [0.25, 0.3) is 0 Å². The van der Waals surface area contributed by atoms with Crippen LogP contribution in [0.15, 0.2) is 0 Å². The summed E-state index contributed by atoms with van der Waals surface area (Å²) in [5, 5.41) is 14.9. The number of carbonyl (C=O) groups is 2. The van der Waals surface area contributed by atoms with Gasteiger partial charge in [-0.05, 0) is 38.5 Å². The van der Waals surface area contributed by atoms with Gasteiger partial charge in [0.15, 0.2) is 0 Å². The van der Waals surface area contributed by atoms with Gasteiger partial charge in [-0.2, -0.15) is 0 Å². The molecule has 2 fully saturated rings. The number of carboxylic acids is 1. The van der Waals surface area contributed by atoms with Crippen molar-refractivity contribution in [3.8, 4) is 0 Å². The zero-order valence-corrected chi connectivity index (χ0v) is 12.7. The first-order valence-corrected chi connectivity index (χ1v) is 7.89. The van der Waals surface area contributed by atoms with Crippen LogP contribution in [0, 0.1) is 5.92 Å². The molecule has 2 atom stereocenters.